The second-order valence-corrected chi connectivity index (χ2v) is 7.61. The van der Waals surface area contributed by atoms with Crippen LogP contribution in [0, 0.1) is 5.92 Å². The van der Waals surface area contributed by atoms with E-state index in [0.717, 1.165) is 10.5 Å². The van der Waals surface area contributed by atoms with Gasteiger partial charge in [-0.15, -0.1) is 0 Å². The number of urea groups is 1. The van der Waals surface area contributed by atoms with Gasteiger partial charge in [-0.3, -0.25) is 4.79 Å². The van der Waals surface area contributed by atoms with E-state index in [4.69, 9.17) is 4.74 Å². The summed E-state index contributed by atoms with van der Waals surface area (Å²) in [5, 5.41) is 0. The first-order valence-corrected chi connectivity index (χ1v) is 8.48. The molecular formula is C19H26N2O4. The van der Waals surface area contributed by atoms with Crippen molar-refractivity contribution in [2.45, 2.75) is 52.8 Å². The molecule has 0 bridgehead atoms. The number of hydrogen-bond acceptors (Lipinski definition) is 4. The Hall–Kier alpha value is -2.37. The summed E-state index contributed by atoms with van der Waals surface area (Å²) >= 11 is 0. The van der Waals surface area contributed by atoms with Crippen molar-refractivity contribution in [1.82, 2.24) is 9.80 Å². The van der Waals surface area contributed by atoms with Crippen molar-refractivity contribution in [3.63, 3.8) is 0 Å². The number of ether oxygens (including phenoxy) is 1. The zero-order valence-corrected chi connectivity index (χ0v) is 15.5. The second-order valence-electron chi connectivity index (χ2n) is 7.61. The van der Waals surface area contributed by atoms with E-state index in [-0.39, 0.29) is 18.4 Å². The monoisotopic (exact) mass is 346 g/mol. The molecule has 1 saturated heterocycles. The highest BCUT2D eigenvalue weighted by Gasteiger charge is 2.45. The maximum Gasteiger partial charge on any atom is 0.330 e. The van der Waals surface area contributed by atoms with Gasteiger partial charge in [-0.25, -0.2) is 14.5 Å². The van der Waals surface area contributed by atoms with Crippen molar-refractivity contribution in [2.75, 3.05) is 6.54 Å². The number of benzene rings is 1. The zero-order valence-electron chi connectivity index (χ0n) is 15.5. The summed E-state index contributed by atoms with van der Waals surface area (Å²) in [7, 11) is 0. The molecule has 6 heteroatoms. The van der Waals surface area contributed by atoms with E-state index in [9.17, 15) is 14.4 Å². The molecule has 6 nitrogen and oxygen atoms in total. The third-order valence-electron chi connectivity index (χ3n) is 3.85. The predicted octanol–water partition coefficient (Wildman–Crippen LogP) is 2.82. The summed E-state index contributed by atoms with van der Waals surface area (Å²) in [5.41, 5.74) is 0.253. The Morgan fingerprint density at radius 1 is 1.16 bits per heavy atom. The summed E-state index contributed by atoms with van der Waals surface area (Å²) in [5.74, 6) is -1.16. The van der Waals surface area contributed by atoms with Gasteiger partial charge in [-0.2, -0.15) is 0 Å². The largest absolute Gasteiger partial charge is 0.458 e. The number of carbonyl (C=O) groups is 3. The van der Waals surface area contributed by atoms with Crippen LogP contribution in [0.25, 0.3) is 0 Å². The number of nitrogens with zero attached hydrogens (tertiary/aromatic N) is 2. The number of esters is 1. The van der Waals surface area contributed by atoms with Crippen molar-refractivity contribution in [1.29, 1.82) is 0 Å². The van der Waals surface area contributed by atoms with Crippen LogP contribution in [0.15, 0.2) is 30.3 Å². The van der Waals surface area contributed by atoms with Gasteiger partial charge < -0.3 is 9.64 Å². The standard InChI is InChI=1S/C19H26N2O4/c1-13(2)16(17(23)25-19(3,4)5)21-15(22)12-20(18(21)24)11-14-9-7-6-8-10-14/h6-10,13,16H,11-12H2,1-5H3/t16-/m0/s1. The molecule has 1 aromatic rings. The fraction of sp³-hybridized carbons (Fsp3) is 0.526. The van der Waals surface area contributed by atoms with Gasteiger partial charge in [-0.05, 0) is 32.3 Å². The molecule has 25 heavy (non-hydrogen) atoms. The van der Waals surface area contributed by atoms with E-state index in [2.05, 4.69) is 0 Å². The van der Waals surface area contributed by atoms with Crippen LogP contribution in [0.1, 0.15) is 40.2 Å². The van der Waals surface area contributed by atoms with Crippen molar-refractivity contribution < 1.29 is 19.1 Å². The number of carbonyl (C=O) groups excluding carboxylic acids is 3. The van der Waals surface area contributed by atoms with Crippen LogP contribution in [0.2, 0.25) is 0 Å². The van der Waals surface area contributed by atoms with Gasteiger partial charge in [0.2, 0.25) is 0 Å². The molecule has 1 heterocycles. The molecule has 0 radical (unpaired) electrons. The van der Waals surface area contributed by atoms with Gasteiger partial charge in [0.05, 0.1) is 0 Å². The van der Waals surface area contributed by atoms with Crippen molar-refractivity contribution >= 4 is 17.9 Å². The van der Waals surface area contributed by atoms with Crippen LogP contribution in [-0.4, -0.2) is 45.9 Å². The Kier molecular flexibility index (Phi) is 5.50. The number of imide groups is 1. The predicted molar refractivity (Wildman–Crippen MR) is 93.6 cm³/mol. The molecule has 3 amide bonds. The SMILES string of the molecule is CC(C)[C@@H](C(=O)OC(C)(C)C)N1C(=O)CN(Cc2ccccc2)C1=O. The van der Waals surface area contributed by atoms with Crippen LogP contribution >= 0.6 is 0 Å². The highest BCUT2D eigenvalue weighted by atomic mass is 16.6. The second kappa shape index (κ2) is 7.25. The van der Waals surface area contributed by atoms with Gasteiger partial charge in [0, 0.05) is 6.54 Å². The Morgan fingerprint density at radius 2 is 1.76 bits per heavy atom. The summed E-state index contributed by atoms with van der Waals surface area (Å²) < 4.78 is 5.42. The average Bonchev–Trinajstić information content (AvgIpc) is 2.74. The van der Waals surface area contributed by atoms with E-state index >= 15 is 0 Å². The molecule has 136 valence electrons. The van der Waals surface area contributed by atoms with Gasteiger partial charge in [0.25, 0.3) is 5.91 Å². The van der Waals surface area contributed by atoms with Gasteiger partial charge in [0.15, 0.2) is 0 Å². The molecule has 0 aromatic heterocycles. The highest BCUT2D eigenvalue weighted by Crippen LogP contribution is 2.23. The third kappa shape index (κ3) is 4.59. The molecule has 1 atom stereocenters. The lowest BCUT2D eigenvalue weighted by atomic mass is 10.0. The minimum absolute atomic E-state index is 0.0280. The first-order valence-electron chi connectivity index (χ1n) is 8.48. The topological polar surface area (TPSA) is 66.9 Å². The molecule has 1 fully saturated rings. The normalized spacial score (nSPS) is 16.6. The minimum Gasteiger partial charge on any atom is -0.458 e. The average molecular weight is 346 g/mol. The van der Waals surface area contributed by atoms with Crippen LogP contribution in [0.3, 0.4) is 0 Å². The van der Waals surface area contributed by atoms with Crippen molar-refractivity contribution in [3.05, 3.63) is 35.9 Å². The molecule has 1 aliphatic rings. The van der Waals surface area contributed by atoms with E-state index in [1.54, 1.807) is 34.6 Å². The van der Waals surface area contributed by atoms with Gasteiger partial charge >= 0.3 is 12.0 Å². The molecule has 0 N–H and O–H groups in total. The number of rotatable bonds is 5. The lowest BCUT2D eigenvalue weighted by molar-refractivity contribution is -0.164. The summed E-state index contributed by atoms with van der Waals surface area (Å²) in [6.45, 7) is 9.19. The smallest absolute Gasteiger partial charge is 0.330 e. The third-order valence-corrected chi connectivity index (χ3v) is 3.85. The van der Waals surface area contributed by atoms with Gasteiger partial charge in [-0.1, -0.05) is 44.2 Å². The maximum absolute atomic E-state index is 12.8. The van der Waals surface area contributed by atoms with Crippen LogP contribution in [0.5, 0.6) is 0 Å². The maximum atomic E-state index is 12.8. The molecule has 1 aromatic carbocycles. The fourth-order valence-electron chi connectivity index (χ4n) is 2.81. The molecule has 0 saturated carbocycles. The Morgan fingerprint density at radius 3 is 2.28 bits per heavy atom. The van der Waals surface area contributed by atoms with Crippen LogP contribution < -0.4 is 0 Å². The minimum atomic E-state index is -0.917. The Bertz CT molecular complexity index is 649. The van der Waals surface area contributed by atoms with Crippen molar-refractivity contribution in [2.24, 2.45) is 5.92 Å². The quantitative estimate of drug-likeness (QED) is 0.607. The fourth-order valence-corrected chi connectivity index (χ4v) is 2.81. The molecule has 0 spiro atoms. The lowest BCUT2D eigenvalue weighted by Gasteiger charge is -2.30. The van der Waals surface area contributed by atoms with Crippen LogP contribution in [0.4, 0.5) is 4.79 Å². The lowest BCUT2D eigenvalue weighted by Crippen LogP contribution is -2.50. The first kappa shape index (κ1) is 19.0. The molecule has 2 rings (SSSR count). The van der Waals surface area contributed by atoms with E-state index < -0.39 is 23.6 Å². The zero-order chi connectivity index (χ0) is 18.8. The number of amides is 3. The molecule has 0 unspecified atom stereocenters. The van der Waals surface area contributed by atoms with E-state index in [1.165, 1.54) is 4.90 Å². The summed E-state index contributed by atoms with van der Waals surface area (Å²) in [6, 6.07) is 8.09. The Balaban J connectivity index is 2.19. The van der Waals surface area contributed by atoms with Gasteiger partial charge in [0.1, 0.15) is 18.2 Å². The molecule has 1 aliphatic heterocycles. The van der Waals surface area contributed by atoms with Crippen molar-refractivity contribution in [3.8, 4) is 0 Å². The number of hydrogen-bond donors (Lipinski definition) is 0. The highest BCUT2D eigenvalue weighted by molar-refractivity contribution is 6.05. The molecule has 0 aliphatic carbocycles. The molecular weight excluding hydrogens is 320 g/mol. The first-order chi connectivity index (χ1) is 11.6. The van der Waals surface area contributed by atoms with E-state index in [1.807, 2.05) is 30.3 Å². The summed E-state index contributed by atoms with van der Waals surface area (Å²) in [4.78, 5) is 40.3. The van der Waals surface area contributed by atoms with E-state index in [0.29, 0.717) is 6.54 Å². The summed E-state index contributed by atoms with van der Waals surface area (Å²) in [6.07, 6.45) is 0. The Labute approximate surface area is 148 Å². The van der Waals surface area contributed by atoms with Crippen LogP contribution in [-0.2, 0) is 20.9 Å².